The molecule has 1 atom stereocenters. The molecule has 0 spiro atoms. The molecule has 7 heteroatoms. The van der Waals surface area contributed by atoms with Crippen molar-refractivity contribution in [2.24, 2.45) is 0 Å². The summed E-state index contributed by atoms with van der Waals surface area (Å²) in [4.78, 5) is 27.5. The van der Waals surface area contributed by atoms with E-state index in [2.05, 4.69) is 5.32 Å². The average Bonchev–Trinajstić information content (AvgIpc) is 3.27. The molecule has 0 saturated heterocycles. The molecule has 0 aromatic heterocycles. The lowest BCUT2D eigenvalue weighted by Crippen LogP contribution is -2.50. The van der Waals surface area contributed by atoms with Crippen LogP contribution in [0.15, 0.2) is 48.5 Å². The van der Waals surface area contributed by atoms with E-state index in [0.29, 0.717) is 22.9 Å². The number of carbonyl (C=O) groups is 2. The fourth-order valence-corrected chi connectivity index (χ4v) is 5.00. The van der Waals surface area contributed by atoms with Gasteiger partial charge in [0.25, 0.3) is 0 Å². The van der Waals surface area contributed by atoms with Crippen LogP contribution in [0.5, 0.6) is 0 Å². The van der Waals surface area contributed by atoms with Crippen LogP contribution in [0.4, 0.5) is 4.39 Å². The highest BCUT2D eigenvalue weighted by molar-refractivity contribution is 7.99. The molecule has 0 unspecified atom stereocenters. The first-order valence-electron chi connectivity index (χ1n) is 10.6. The highest BCUT2D eigenvalue weighted by atomic mass is 35.5. The minimum Gasteiger partial charge on any atom is -0.352 e. The minimum absolute atomic E-state index is 0.127. The number of nitrogens with zero attached hydrogens (tertiary/aromatic N) is 1. The molecule has 1 aliphatic carbocycles. The summed E-state index contributed by atoms with van der Waals surface area (Å²) >= 11 is 7.38. The van der Waals surface area contributed by atoms with Crippen LogP contribution < -0.4 is 5.32 Å². The molecule has 1 aliphatic rings. The first-order chi connectivity index (χ1) is 15.0. The average molecular weight is 463 g/mol. The number of benzene rings is 2. The van der Waals surface area contributed by atoms with Gasteiger partial charge in [0.1, 0.15) is 11.9 Å². The van der Waals surface area contributed by atoms with Crippen molar-refractivity contribution >= 4 is 35.2 Å². The Balaban J connectivity index is 1.65. The van der Waals surface area contributed by atoms with Crippen LogP contribution in [0.1, 0.15) is 43.7 Å². The van der Waals surface area contributed by atoms with Crippen LogP contribution in [0, 0.1) is 5.82 Å². The lowest BCUT2D eigenvalue weighted by Gasteiger charge is -2.29. The number of thioether (sulfide) groups is 1. The third-order valence-corrected chi connectivity index (χ3v) is 6.90. The Morgan fingerprint density at radius 2 is 1.87 bits per heavy atom. The Hall–Kier alpha value is -2.05. The maximum Gasteiger partial charge on any atom is 0.242 e. The van der Waals surface area contributed by atoms with Gasteiger partial charge in [0.05, 0.1) is 5.75 Å². The number of amides is 2. The van der Waals surface area contributed by atoms with Gasteiger partial charge in [0.2, 0.25) is 11.8 Å². The van der Waals surface area contributed by atoms with Crippen LogP contribution in [-0.2, 0) is 21.9 Å². The van der Waals surface area contributed by atoms with Gasteiger partial charge in [-0.15, -0.1) is 11.8 Å². The second-order valence-electron chi connectivity index (χ2n) is 7.87. The zero-order valence-electron chi connectivity index (χ0n) is 17.7. The van der Waals surface area contributed by atoms with Crippen LogP contribution >= 0.6 is 23.4 Å². The van der Waals surface area contributed by atoms with E-state index in [0.717, 1.165) is 31.2 Å². The number of rotatable bonds is 9. The van der Waals surface area contributed by atoms with E-state index in [1.807, 2.05) is 30.3 Å². The van der Waals surface area contributed by atoms with E-state index >= 15 is 0 Å². The monoisotopic (exact) mass is 462 g/mol. The Morgan fingerprint density at radius 1 is 1.16 bits per heavy atom. The second kappa shape index (κ2) is 11.5. The van der Waals surface area contributed by atoms with E-state index in [-0.39, 0.29) is 29.4 Å². The van der Waals surface area contributed by atoms with Gasteiger partial charge in [-0.3, -0.25) is 9.59 Å². The van der Waals surface area contributed by atoms with Crippen molar-refractivity contribution in [3.8, 4) is 0 Å². The molecule has 2 aromatic rings. The lowest BCUT2D eigenvalue weighted by molar-refractivity contribution is -0.138. The van der Waals surface area contributed by atoms with Gasteiger partial charge in [-0.2, -0.15) is 0 Å². The van der Waals surface area contributed by atoms with E-state index in [1.165, 1.54) is 17.8 Å². The van der Waals surface area contributed by atoms with Crippen molar-refractivity contribution in [1.82, 2.24) is 10.2 Å². The summed E-state index contributed by atoms with van der Waals surface area (Å²) in [6, 6.07) is 13.8. The second-order valence-corrected chi connectivity index (χ2v) is 9.26. The largest absolute Gasteiger partial charge is 0.352 e. The Kier molecular flexibility index (Phi) is 8.79. The molecular formula is C24H28ClFN2O2S. The third-order valence-electron chi connectivity index (χ3n) is 5.60. The van der Waals surface area contributed by atoms with E-state index < -0.39 is 6.04 Å². The first kappa shape index (κ1) is 23.6. The summed E-state index contributed by atoms with van der Waals surface area (Å²) in [7, 11) is 0. The minimum atomic E-state index is -0.592. The van der Waals surface area contributed by atoms with Crippen LogP contribution in [0.25, 0.3) is 0 Å². The number of hydrogen-bond acceptors (Lipinski definition) is 3. The molecule has 1 N–H and O–H groups in total. The topological polar surface area (TPSA) is 49.4 Å². The molecule has 1 saturated carbocycles. The van der Waals surface area contributed by atoms with Crippen molar-refractivity contribution in [1.29, 1.82) is 0 Å². The van der Waals surface area contributed by atoms with Gasteiger partial charge in [0, 0.05) is 28.9 Å². The summed E-state index contributed by atoms with van der Waals surface area (Å²) in [6.07, 6.45) is 4.23. The SMILES string of the molecule is C[C@@H](C(=O)NC1CCCC1)N(Cc1ccccc1)C(=O)CSCc1c(F)cccc1Cl. The fraction of sp³-hybridized carbons (Fsp3) is 0.417. The Labute approximate surface area is 192 Å². The van der Waals surface area contributed by atoms with Crippen LogP contribution in [0.2, 0.25) is 5.02 Å². The summed E-state index contributed by atoms with van der Waals surface area (Å²) in [5, 5.41) is 3.44. The van der Waals surface area contributed by atoms with Gasteiger partial charge < -0.3 is 10.2 Å². The standard InChI is InChI=1S/C24H28ClFN2O2S/c1-17(24(30)27-19-10-5-6-11-19)28(14-18-8-3-2-4-9-18)23(29)16-31-15-20-21(25)12-7-13-22(20)26/h2-4,7-9,12-13,17,19H,5-6,10-11,14-16H2,1H3,(H,27,30)/t17-/m0/s1. The molecule has 4 nitrogen and oxygen atoms in total. The Bertz CT molecular complexity index is 870. The van der Waals surface area contributed by atoms with Gasteiger partial charge >= 0.3 is 0 Å². The summed E-state index contributed by atoms with van der Waals surface area (Å²) in [6.45, 7) is 2.11. The van der Waals surface area contributed by atoms with Crippen molar-refractivity contribution < 1.29 is 14.0 Å². The molecular weight excluding hydrogens is 435 g/mol. The summed E-state index contributed by atoms with van der Waals surface area (Å²) in [5.41, 5.74) is 1.35. The predicted molar refractivity (Wildman–Crippen MR) is 124 cm³/mol. The normalized spacial score (nSPS) is 14.9. The van der Waals surface area contributed by atoms with Gasteiger partial charge in [0.15, 0.2) is 0 Å². The van der Waals surface area contributed by atoms with E-state index in [4.69, 9.17) is 11.6 Å². The van der Waals surface area contributed by atoms with Crippen molar-refractivity contribution in [3.05, 3.63) is 70.5 Å². The highest BCUT2D eigenvalue weighted by Gasteiger charge is 2.28. The van der Waals surface area contributed by atoms with Crippen molar-refractivity contribution in [3.63, 3.8) is 0 Å². The quantitative estimate of drug-likeness (QED) is 0.558. The number of halogens is 2. The van der Waals surface area contributed by atoms with E-state index in [1.54, 1.807) is 24.0 Å². The highest BCUT2D eigenvalue weighted by Crippen LogP contribution is 2.24. The van der Waals surface area contributed by atoms with Gasteiger partial charge in [-0.1, -0.05) is 60.8 Å². The van der Waals surface area contributed by atoms with Crippen LogP contribution in [0.3, 0.4) is 0 Å². The summed E-state index contributed by atoms with van der Waals surface area (Å²) in [5.74, 6) is -0.232. The number of carbonyl (C=O) groups excluding carboxylic acids is 2. The van der Waals surface area contributed by atoms with Gasteiger partial charge in [-0.25, -0.2) is 4.39 Å². The number of nitrogens with one attached hydrogen (secondary N) is 1. The van der Waals surface area contributed by atoms with E-state index in [9.17, 15) is 14.0 Å². The smallest absolute Gasteiger partial charge is 0.242 e. The third kappa shape index (κ3) is 6.71. The molecule has 0 bridgehead atoms. The molecule has 31 heavy (non-hydrogen) atoms. The first-order valence-corrected chi connectivity index (χ1v) is 12.1. The Morgan fingerprint density at radius 3 is 2.55 bits per heavy atom. The summed E-state index contributed by atoms with van der Waals surface area (Å²) < 4.78 is 14.0. The fourth-order valence-electron chi connectivity index (χ4n) is 3.75. The molecule has 0 aliphatic heterocycles. The zero-order valence-corrected chi connectivity index (χ0v) is 19.2. The molecule has 2 amide bonds. The van der Waals surface area contributed by atoms with Crippen molar-refractivity contribution in [2.45, 2.75) is 57.0 Å². The molecule has 0 radical (unpaired) electrons. The lowest BCUT2D eigenvalue weighted by atomic mass is 10.1. The molecule has 2 aromatic carbocycles. The van der Waals surface area contributed by atoms with Gasteiger partial charge in [-0.05, 0) is 37.5 Å². The maximum atomic E-state index is 14.0. The molecule has 166 valence electrons. The molecule has 0 heterocycles. The molecule has 1 fully saturated rings. The predicted octanol–water partition coefficient (Wildman–Crippen LogP) is 5.19. The van der Waals surface area contributed by atoms with Crippen molar-refractivity contribution in [2.75, 3.05) is 5.75 Å². The van der Waals surface area contributed by atoms with Crippen LogP contribution in [-0.4, -0.2) is 34.6 Å². The number of hydrogen-bond donors (Lipinski definition) is 1. The zero-order chi connectivity index (χ0) is 22.2. The maximum absolute atomic E-state index is 14.0. The molecule has 3 rings (SSSR count).